The van der Waals surface area contributed by atoms with Crippen molar-refractivity contribution >= 4 is 18.7 Å². The first-order valence-electron chi connectivity index (χ1n) is 11.7. The fourth-order valence-corrected chi connectivity index (χ4v) is 4.87. The van der Waals surface area contributed by atoms with Crippen LogP contribution < -0.4 is 15.8 Å². The predicted octanol–water partition coefficient (Wildman–Crippen LogP) is 4.92. The van der Waals surface area contributed by atoms with E-state index < -0.39 is 5.31 Å². The number of anilines is 2. The van der Waals surface area contributed by atoms with E-state index in [0.717, 1.165) is 37.3 Å². The summed E-state index contributed by atoms with van der Waals surface area (Å²) < 4.78 is 21.3. The number of nitrogens with one attached hydrogen (secondary N) is 1. The summed E-state index contributed by atoms with van der Waals surface area (Å²) in [5, 5.41) is 2.74. The third-order valence-corrected chi connectivity index (χ3v) is 6.93. The summed E-state index contributed by atoms with van der Waals surface area (Å²) in [5.41, 5.74) is 12.5. The van der Waals surface area contributed by atoms with Gasteiger partial charge in [-0.2, -0.15) is 0 Å². The summed E-state index contributed by atoms with van der Waals surface area (Å²) in [7, 11) is 2.18. The molecule has 0 saturated carbocycles. The number of hydrogen-bond acceptors (Lipinski definition) is 4. The molecule has 3 aromatic rings. The van der Waals surface area contributed by atoms with Gasteiger partial charge in [0.05, 0.1) is 11.4 Å². The Morgan fingerprint density at radius 3 is 2.79 bits per heavy atom. The second-order valence-electron chi connectivity index (χ2n) is 9.11. The number of halogens is 1. The van der Waals surface area contributed by atoms with Crippen LogP contribution >= 0.6 is 0 Å². The molecule has 2 heterocycles. The Morgan fingerprint density at radius 2 is 2.00 bits per heavy atom. The lowest BCUT2D eigenvalue weighted by Crippen LogP contribution is -2.26. The van der Waals surface area contributed by atoms with Crippen LogP contribution in [0.15, 0.2) is 54.6 Å². The van der Waals surface area contributed by atoms with Gasteiger partial charge in [-0.15, -0.1) is 0 Å². The molecular formula is C27H30BFN3O. The fraction of sp³-hybridized carbons (Fsp3) is 0.333. The minimum Gasteiger partial charge on any atom is -0.492 e. The van der Waals surface area contributed by atoms with Gasteiger partial charge >= 0.3 is 0 Å². The van der Waals surface area contributed by atoms with Crippen molar-refractivity contribution in [1.82, 2.24) is 4.90 Å². The Kier molecular flexibility index (Phi) is 5.79. The normalized spacial score (nSPS) is 19.7. The van der Waals surface area contributed by atoms with E-state index in [9.17, 15) is 0 Å². The minimum atomic E-state index is -0.403. The summed E-state index contributed by atoms with van der Waals surface area (Å²) in [6.45, 7) is 8.06. The smallest absolute Gasteiger partial charge is 0.151 e. The first-order valence-corrected chi connectivity index (χ1v) is 11.7. The predicted molar refractivity (Wildman–Crippen MR) is 134 cm³/mol. The number of nitrogens with two attached hydrogens (primary N) is 1. The molecule has 5 rings (SSSR count). The molecule has 2 aliphatic rings. The second-order valence-corrected chi connectivity index (χ2v) is 9.11. The first-order chi connectivity index (χ1) is 16.0. The third kappa shape index (κ3) is 4.08. The SMILES string of the molecule is CCNc1ccc(C2(c3ccc(C)c(CN4CCOc5ccccc5C4)c3)[B]C2)c(F)c1N. The highest BCUT2D eigenvalue weighted by atomic mass is 19.1. The summed E-state index contributed by atoms with van der Waals surface area (Å²) in [4.78, 5) is 2.42. The molecule has 6 heteroatoms. The molecule has 4 nitrogen and oxygen atoms in total. The van der Waals surface area contributed by atoms with Crippen molar-refractivity contribution in [3.8, 4) is 5.75 Å². The molecule has 0 amide bonds. The summed E-state index contributed by atoms with van der Waals surface area (Å²) in [5.74, 6) is 0.664. The molecule has 0 aliphatic carbocycles. The van der Waals surface area contributed by atoms with Crippen molar-refractivity contribution in [3.05, 3.63) is 88.2 Å². The number of fused-ring (bicyclic) bond motifs is 1. The lowest BCUT2D eigenvalue weighted by atomic mass is 9.74. The highest BCUT2D eigenvalue weighted by molar-refractivity contribution is 6.55. The van der Waals surface area contributed by atoms with E-state index in [1.807, 2.05) is 31.2 Å². The Hall–Kier alpha value is -2.99. The number of nitrogen functional groups attached to an aromatic ring is 1. The lowest BCUT2D eigenvalue weighted by Gasteiger charge is -2.24. The van der Waals surface area contributed by atoms with Crippen LogP contribution in [-0.4, -0.2) is 31.9 Å². The van der Waals surface area contributed by atoms with Gasteiger partial charge in [-0.25, -0.2) is 4.39 Å². The summed E-state index contributed by atoms with van der Waals surface area (Å²) in [6, 6.07) is 18.6. The van der Waals surface area contributed by atoms with Crippen molar-refractivity contribution in [2.45, 2.75) is 38.6 Å². The van der Waals surface area contributed by atoms with Crippen LogP contribution in [0.3, 0.4) is 0 Å². The third-order valence-electron chi connectivity index (χ3n) is 6.93. The number of rotatable bonds is 6. The molecule has 1 fully saturated rings. The molecule has 169 valence electrons. The number of aryl methyl sites for hydroxylation is 1. The first kappa shape index (κ1) is 21.8. The van der Waals surface area contributed by atoms with E-state index in [0.29, 0.717) is 24.4 Å². The van der Waals surface area contributed by atoms with Gasteiger partial charge in [-0.3, -0.25) is 4.90 Å². The van der Waals surface area contributed by atoms with E-state index in [4.69, 9.17) is 10.5 Å². The number of ether oxygens (including phenoxy) is 1. The van der Waals surface area contributed by atoms with Crippen molar-refractivity contribution in [3.63, 3.8) is 0 Å². The van der Waals surface area contributed by atoms with Crippen LogP contribution in [0.2, 0.25) is 6.32 Å². The minimum absolute atomic E-state index is 0.199. The summed E-state index contributed by atoms with van der Waals surface area (Å²) in [6.07, 6.45) is 0.817. The van der Waals surface area contributed by atoms with E-state index in [2.05, 4.69) is 54.8 Å². The number of nitrogens with zero attached hydrogens (tertiary/aromatic N) is 1. The van der Waals surface area contributed by atoms with Gasteiger partial charge < -0.3 is 15.8 Å². The zero-order chi connectivity index (χ0) is 23.0. The van der Waals surface area contributed by atoms with Crippen LogP contribution in [-0.2, 0) is 18.4 Å². The standard InChI is InChI=1S/C27H30BFN3O/c1-3-31-23-11-10-22(25(29)26(23)30)27(17-28-27)21-9-8-18(2)20(14-21)16-32-12-13-33-24-7-5-4-6-19(24)15-32/h4-11,14,31H,3,12-13,15-17,30H2,1-2H3. The van der Waals surface area contributed by atoms with E-state index >= 15 is 4.39 Å². The monoisotopic (exact) mass is 442 g/mol. The molecule has 0 aromatic heterocycles. The second kappa shape index (κ2) is 8.75. The molecular weight excluding hydrogens is 412 g/mol. The van der Waals surface area contributed by atoms with Crippen LogP contribution in [0.25, 0.3) is 0 Å². The highest BCUT2D eigenvalue weighted by Crippen LogP contribution is 2.50. The van der Waals surface area contributed by atoms with Crippen LogP contribution in [0.4, 0.5) is 15.8 Å². The molecule has 1 unspecified atom stereocenters. The van der Waals surface area contributed by atoms with Gasteiger partial charge in [0.2, 0.25) is 0 Å². The fourth-order valence-electron chi connectivity index (χ4n) is 4.87. The highest BCUT2D eigenvalue weighted by Gasteiger charge is 2.48. The number of hydrogen-bond donors (Lipinski definition) is 2. The quantitative estimate of drug-likeness (QED) is 0.420. The molecule has 0 bridgehead atoms. The Bertz CT molecular complexity index is 1180. The average Bonchev–Trinajstić information content (AvgIpc) is 3.63. The molecule has 3 aromatic carbocycles. The maximum absolute atomic E-state index is 15.3. The van der Waals surface area contributed by atoms with Gasteiger partial charge in [0, 0.05) is 31.7 Å². The zero-order valence-electron chi connectivity index (χ0n) is 19.3. The Labute approximate surface area is 196 Å². The van der Waals surface area contributed by atoms with E-state index in [-0.39, 0.29) is 11.5 Å². The Morgan fingerprint density at radius 1 is 1.18 bits per heavy atom. The lowest BCUT2D eigenvalue weighted by molar-refractivity contribution is 0.219. The Balaban J connectivity index is 1.43. The number of benzene rings is 3. The van der Waals surface area contributed by atoms with Gasteiger partial charge in [0.1, 0.15) is 19.6 Å². The van der Waals surface area contributed by atoms with E-state index in [1.54, 1.807) is 0 Å². The van der Waals surface area contributed by atoms with Gasteiger partial charge in [-0.1, -0.05) is 48.8 Å². The molecule has 1 atom stereocenters. The van der Waals surface area contributed by atoms with Crippen molar-refractivity contribution < 1.29 is 9.13 Å². The zero-order valence-corrected chi connectivity index (χ0v) is 19.3. The summed E-state index contributed by atoms with van der Waals surface area (Å²) >= 11 is 0. The molecule has 3 N–H and O–H groups in total. The molecule has 0 spiro atoms. The van der Waals surface area contributed by atoms with Crippen LogP contribution in [0.1, 0.15) is 34.7 Å². The van der Waals surface area contributed by atoms with Crippen molar-refractivity contribution in [1.29, 1.82) is 0 Å². The number of para-hydroxylation sites is 1. The van der Waals surface area contributed by atoms with Crippen molar-refractivity contribution in [2.75, 3.05) is 30.7 Å². The van der Waals surface area contributed by atoms with E-state index in [1.165, 1.54) is 16.7 Å². The largest absolute Gasteiger partial charge is 0.492 e. The molecule has 1 radical (unpaired) electrons. The molecule has 33 heavy (non-hydrogen) atoms. The van der Waals surface area contributed by atoms with Gasteiger partial charge in [0.25, 0.3) is 0 Å². The maximum atomic E-state index is 15.3. The van der Waals surface area contributed by atoms with Gasteiger partial charge in [0.15, 0.2) is 5.82 Å². The van der Waals surface area contributed by atoms with Crippen molar-refractivity contribution in [2.24, 2.45) is 0 Å². The average molecular weight is 442 g/mol. The van der Waals surface area contributed by atoms with Crippen LogP contribution in [0.5, 0.6) is 5.75 Å². The van der Waals surface area contributed by atoms with Gasteiger partial charge in [-0.05, 0) is 53.5 Å². The molecule has 2 aliphatic heterocycles. The van der Waals surface area contributed by atoms with Crippen LogP contribution in [0, 0.1) is 12.7 Å². The topological polar surface area (TPSA) is 50.5 Å². The molecule has 1 saturated heterocycles. The maximum Gasteiger partial charge on any atom is 0.151 e.